The Morgan fingerprint density at radius 1 is 1.08 bits per heavy atom. The van der Waals surface area contributed by atoms with Crippen molar-refractivity contribution in [2.24, 2.45) is 17.8 Å². The molecule has 3 atom stereocenters. The summed E-state index contributed by atoms with van der Waals surface area (Å²) < 4.78 is 1.32. The molecule has 7 heteroatoms. The van der Waals surface area contributed by atoms with E-state index in [0.717, 1.165) is 19.3 Å². The highest BCUT2D eigenvalue weighted by atomic mass is 16.2. The molecule has 2 aliphatic carbocycles. The maximum Gasteiger partial charge on any atom is 0.347 e. The topological polar surface area (TPSA) is 75.5 Å². The van der Waals surface area contributed by atoms with Crippen LogP contribution in [-0.4, -0.2) is 57.3 Å². The lowest BCUT2D eigenvalue weighted by Gasteiger charge is -2.27. The second-order valence-corrected chi connectivity index (χ2v) is 7.48. The molecule has 1 saturated carbocycles. The second-order valence-electron chi connectivity index (χ2n) is 7.48. The van der Waals surface area contributed by atoms with Crippen molar-refractivity contribution in [3.63, 3.8) is 0 Å². The smallest absolute Gasteiger partial charge is 0.341 e. The molecule has 138 valence electrons. The van der Waals surface area contributed by atoms with Gasteiger partial charge in [-0.15, -0.1) is 0 Å². The van der Waals surface area contributed by atoms with Crippen LogP contribution in [0.15, 0.2) is 35.4 Å². The largest absolute Gasteiger partial charge is 0.347 e. The van der Waals surface area contributed by atoms with Crippen molar-refractivity contribution in [2.45, 2.75) is 25.8 Å². The molecule has 7 nitrogen and oxygen atoms in total. The molecule has 2 fully saturated rings. The highest BCUT2D eigenvalue weighted by Gasteiger charge is 2.41. The van der Waals surface area contributed by atoms with E-state index >= 15 is 0 Å². The average molecular weight is 356 g/mol. The Morgan fingerprint density at radius 2 is 1.88 bits per heavy atom. The van der Waals surface area contributed by atoms with E-state index < -0.39 is 5.69 Å². The first-order valence-electron chi connectivity index (χ1n) is 9.38. The number of aromatic nitrogens is 2. The monoisotopic (exact) mass is 356 g/mol. The van der Waals surface area contributed by atoms with Gasteiger partial charge in [0.05, 0.1) is 0 Å². The first-order chi connectivity index (χ1) is 12.6. The number of rotatable bonds is 3. The first kappa shape index (κ1) is 17.0. The van der Waals surface area contributed by atoms with Gasteiger partial charge in [-0.3, -0.25) is 14.2 Å². The molecule has 1 aromatic heterocycles. The number of amides is 2. The number of fused-ring (bicyclic) bond motifs is 2. The summed E-state index contributed by atoms with van der Waals surface area (Å²) in [6.45, 7) is 2.42. The molecule has 1 aliphatic heterocycles. The summed E-state index contributed by atoms with van der Waals surface area (Å²) in [5.74, 6) is 1.26. The standard InChI is InChI=1S/C19H24N4O3/c24-17(13-23-6-1-5-20-19(23)26)21-7-2-8-22(10-9-21)18(25)16-12-14-3-4-15(16)11-14/h1,3-6,14-16H,2,7-13H2/t14-,15+,16-/m1/s1. The minimum absolute atomic E-state index is 0.00219. The number of allylic oxidation sites excluding steroid dienone is 2. The molecule has 0 radical (unpaired) electrons. The van der Waals surface area contributed by atoms with Gasteiger partial charge in [-0.1, -0.05) is 12.2 Å². The molecule has 4 rings (SSSR count). The zero-order valence-electron chi connectivity index (χ0n) is 14.8. The number of carbonyl (C=O) groups excluding carboxylic acids is 2. The van der Waals surface area contributed by atoms with E-state index in [1.165, 1.54) is 10.8 Å². The van der Waals surface area contributed by atoms with E-state index in [1.54, 1.807) is 17.2 Å². The third-order valence-corrected chi connectivity index (χ3v) is 5.84. The Labute approximate surface area is 152 Å². The number of hydrogen-bond donors (Lipinski definition) is 0. The Morgan fingerprint density at radius 3 is 2.62 bits per heavy atom. The van der Waals surface area contributed by atoms with Gasteiger partial charge in [-0.2, -0.15) is 0 Å². The van der Waals surface area contributed by atoms with Gasteiger partial charge in [0.1, 0.15) is 6.54 Å². The highest BCUT2D eigenvalue weighted by molar-refractivity contribution is 5.80. The van der Waals surface area contributed by atoms with Crippen molar-refractivity contribution >= 4 is 11.8 Å². The van der Waals surface area contributed by atoms with Gasteiger partial charge in [-0.25, -0.2) is 9.78 Å². The van der Waals surface area contributed by atoms with E-state index in [-0.39, 0.29) is 24.3 Å². The Kier molecular flexibility index (Phi) is 4.61. The SMILES string of the molecule is O=C(Cn1cccnc1=O)N1CCCN(C(=O)[C@@H]2C[C@@H]3C=C[C@H]2C3)CC1. The number of hydrogen-bond acceptors (Lipinski definition) is 4. The molecule has 2 amide bonds. The molecule has 3 aliphatic rings. The molecule has 1 saturated heterocycles. The molecular formula is C19H24N4O3. The maximum atomic E-state index is 12.9. The summed E-state index contributed by atoms with van der Waals surface area (Å²) in [7, 11) is 0. The second kappa shape index (κ2) is 7.05. The number of carbonyl (C=O) groups is 2. The third kappa shape index (κ3) is 3.30. The molecule has 2 bridgehead atoms. The van der Waals surface area contributed by atoms with Crippen LogP contribution in [0.4, 0.5) is 0 Å². The van der Waals surface area contributed by atoms with Gasteiger partial charge in [0, 0.05) is 44.5 Å². The lowest BCUT2D eigenvalue weighted by atomic mass is 9.92. The van der Waals surface area contributed by atoms with E-state index in [1.807, 2.05) is 4.90 Å². The van der Waals surface area contributed by atoms with Crippen LogP contribution >= 0.6 is 0 Å². The molecule has 0 unspecified atom stereocenters. The molecule has 2 heterocycles. The molecule has 1 aromatic rings. The average Bonchev–Trinajstić information content (AvgIpc) is 3.19. The van der Waals surface area contributed by atoms with E-state index in [4.69, 9.17) is 0 Å². The normalized spacial score (nSPS) is 27.6. The lowest BCUT2D eigenvalue weighted by molar-refractivity contribution is -0.137. The molecule has 26 heavy (non-hydrogen) atoms. The fraction of sp³-hybridized carbons (Fsp3) is 0.579. The fourth-order valence-electron chi connectivity index (χ4n) is 4.44. The summed E-state index contributed by atoms with van der Waals surface area (Å²) in [6, 6.07) is 1.64. The van der Waals surface area contributed by atoms with Crippen LogP contribution in [-0.2, 0) is 16.1 Å². The van der Waals surface area contributed by atoms with Crippen molar-refractivity contribution in [3.8, 4) is 0 Å². The van der Waals surface area contributed by atoms with Crippen LogP contribution in [0.1, 0.15) is 19.3 Å². The highest BCUT2D eigenvalue weighted by Crippen LogP contribution is 2.44. The Hall–Kier alpha value is -2.44. The lowest BCUT2D eigenvalue weighted by Crippen LogP contribution is -2.42. The Bertz CT molecular complexity index is 787. The van der Waals surface area contributed by atoms with Gasteiger partial charge in [-0.05, 0) is 37.2 Å². The van der Waals surface area contributed by atoms with Gasteiger partial charge < -0.3 is 9.80 Å². The quantitative estimate of drug-likeness (QED) is 0.740. The van der Waals surface area contributed by atoms with Gasteiger partial charge in [0.15, 0.2) is 0 Å². The predicted molar refractivity (Wildman–Crippen MR) is 95.1 cm³/mol. The predicted octanol–water partition coefficient (Wildman–Crippen LogP) is 0.516. The molecule has 0 spiro atoms. The van der Waals surface area contributed by atoms with Crippen molar-refractivity contribution in [2.75, 3.05) is 26.2 Å². The molecule has 0 N–H and O–H groups in total. The fourth-order valence-corrected chi connectivity index (χ4v) is 4.44. The van der Waals surface area contributed by atoms with Crippen molar-refractivity contribution in [3.05, 3.63) is 41.1 Å². The van der Waals surface area contributed by atoms with E-state index in [0.29, 0.717) is 38.0 Å². The summed E-state index contributed by atoms with van der Waals surface area (Å²) >= 11 is 0. The van der Waals surface area contributed by atoms with Crippen LogP contribution in [0.25, 0.3) is 0 Å². The van der Waals surface area contributed by atoms with Crippen molar-refractivity contribution < 1.29 is 9.59 Å². The van der Waals surface area contributed by atoms with E-state index in [9.17, 15) is 14.4 Å². The zero-order valence-corrected chi connectivity index (χ0v) is 14.8. The van der Waals surface area contributed by atoms with Crippen LogP contribution in [0.3, 0.4) is 0 Å². The van der Waals surface area contributed by atoms with Crippen LogP contribution in [0.5, 0.6) is 0 Å². The zero-order chi connectivity index (χ0) is 18.1. The van der Waals surface area contributed by atoms with Crippen LogP contribution in [0.2, 0.25) is 0 Å². The van der Waals surface area contributed by atoms with Crippen molar-refractivity contribution in [1.29, 1.82) is 0 Å². The summed E-state index contributed by atoms with van der Waals surface area (Å²) in [5, 5.41) is 0. The summed E-state index contributed by atoms with van der Waals surface area (Å²) in [5.41, 5.74) is -0.420. The van der Waals surface area contributed by atoms with Crippen molar-refractivity contribution in [1.82, 2.24) is 19.4 Å². The maximum absolute atomic E-state index is 12.9. The third-order valence-electron chi connectivity index (χ3n) is 5.84. The Balaban J connectivity index is 1.35. The number of nitrogens with zero attached hydrogens (tertiary/aromatic N) is 4. The first-order valence-corrected chi connectivity index (χ1v) is 9.38. The van der Waals surface area contributed by atoms with Gasteiger partial charge in [0.2, 0.25) is 11.8 Å². The summed E-state index contributed by atoms with van der Waals surface area (Å²) in [6.07, 6.45) is 10.3. The summed E-state index contributed by atoms with van der Waals surface area (Å²) in [4.78, 5) is 44.5. The van der Waals surface area contributed by atoms with Crippen LogP contribution < -0.4 is 5.69 Å². The molecular weight excluding hydrogens is 332 g/mol. The van der Waals surface area contributed by atoms with Gasteiger partial charge in [0.25, 0.3) is 0 Å². The van der Waals surface area contributed by atoms with Crippen LogP contribution in [0, 0.1) is 17.8 Å². The van der Waals surface area contributed by atoms with Gasteiger partial charge >= 0.3 is 5.69 Å². The minimum Gasteiger partial charge on any atom is -0.341 e. The van der Waals surface area contributed by atoms with E-state index in [2.05, 4.69) is 17.1 Å². The minimum atomic E-state index is -0.420. The molecule has 0 aromatic carbocycles.